The zero-order valence-corrected chi connectivity index (χ0v) is 10.1. The topological polar surface area (TPSA) is 71.7 Å². The molecule has 0 bridgehead atoms. The number of hydrogen-bond donors (Lipinski definition) is 1. The predicted octanol–water partition coefficient (Wildman–Crippen LogP) is 1.69. The molecular formula is C11H10N2O3S. The number of nitrogens with zero attached hydrogens (tertiary/aromatic N) is 1. The number of aryl methyl sites for hydroxylation is 1. The lowest BCUT2D eigenvalue weighted by Crippen LogP contribution is -2.23. The SMILES string of the molecule is CC(=O)NC1=NC(=O)/C(=C/c2ccc(C)o2)S1. The maximum absolute atomic E-state index is 11.5. The van der Waals surface area contributed by atoms with E-state index in [0.717, 1.165) is 17.5 Å². The van der Waals surface area contributed by atoms with E-state index in [9.17, 15) is 9.59 Å². The lowest BCUT2D eigenvalue weighted by atomic mass is 10.4. The fourth-order valence-corrected chi connectivity index (χ4v) is 2.11. The Morgan fingerprint density at radius 2 is 2.29 bits per heavy atom. The van der Waals surface area contributed by atoms with E-state index in [4.69, 9.17) is 4.42 Å². The highest BCUT2D eigenvalue weighted by Gasteiger charge is 2.22. The van der Waals surface area contributed by atoms with Crippen LogP contribution < -0.4 is 5.32 Å². The number of furan rings is 1. The smallest absolute Gasteiger partial charge is 0.286 e. The maximum atomic E-state index is 11.5. The van der Waals surface area contributed by atoms with Crippen molar-refractivity contribution >= 4 is 34.8 Å². The first-order valence-corrected chi connectivity index (χ1v) is 5.73. The Kier molecular flexibility index (Phi) is 3.14. The van der Waals surface area contributed by atoms with E-state index in [1.807, 2.05) is 13.0 Å². The van der Waals surface area contributed by atoms with E-state index < -0.39 is 0 Å². The summed E-state index contributed by atoms with van der Waals surface area (Å²) in [4.78, 5) is 26.5. The zero-order chi connectivity index (χ0) is 12.4. The monoisotopic (exact) mass is 250 g/mol. The Hall–Kier alpha value is -1.82. The Balaban J connectivity index is 2.14. The van der Waals surface area contributed by atoms with Crippen LogP contribution in [0.5, 0.6) is 0 Å². The van der Waals surface area contributed by atoms with Gasteiger partial charge in [-0.1, -0.05) is 0 Å². The van der Waals surface area contributed by atoms with Crippen LogP contribution in [-0.2, 0) is 9.59 Å². The van der Waals surface area contributed by atoms with Gasteiger partial charge in [-0.15, -0.1) is 0 Å². The molecule has 5 nitrogen and oxygen atoms in total. The molecule has 1 aromatic rings. The second kappa shape index (κ2) is 4.58. The van der Waals surface area contributed by atoms with Crippen molar-refractivity contribution in [3.63, 3.8) is 0 Å². The molecule has 1 aliphatic heterocycles. The summed E-state index contributed by atoms with van der Waals surface area (Å²) in [5, 5.41) is 2.78. The molecule has 0 fully saturated rings. The molecule has 0 unspecified atom stereocenters. The van der Waals surface area contributed by atoms with Crippen LogP contribution in [-0.4, -0.2) is 17.0 Å². The van der Waals surface area contributed by atoms with Crippen molar-refractivity contribution in [1.82, 2.24) is 5.32 Å². The van der Waals surface area contributed by atoms with Crippen LogP contribution in [0.4, 0.5) is 0 Å². The van der Waals surface area contributed by atoms with E-state index in [0.29, 0.717) is 15.8 Å². The minimum Gasteiger partial charge on any atom is -0.462 e. The van der Waals surface area contributed by atoms with Crippen molar-refractivity contribution in [3.8, 4) is 0 Å². The van der Waals surface area contributed by atoms with Gasteiger partial charge in [0.25, 0.3) is 5.91 Å². The van der Waals surface area contributed by atoms with Gasteiger partial charge in [-0.2, -0.15) is 4.99 Å². The van der Waals surface area contributed by atoms with Gasteiger partial charge in [0.05, 0.1) is 4.91 Å². The number of carbonyl (C=O) groups excluding carboxylic acids is 2. The quantitative estimate of drug-likeness (QED) is 0.770. The van der Waals surface area contributed by atoms with Crippen molar-refractivity contribution in [1.29, 1.82) is 0 Å². The number of aliphatic imine (C=N–C) groups is 1. The summed E-state index contributed by atoms with van der Waals surface area (Å²) in [5.74, 6) is 0.750. The summed E-state index contributed by atoms with van der Waals surface area (Å²) < 4.78 is 5.33. The van der Waals surface area contributed by atoms with Crippen LogP contribution in [0.15, 0.2) is 26.4 Å². The molecule has 0 radical (unpaired) electrons. The zero-order valence-electron chi connectivity index (χ0n) is 9.31. The van der Waals surface area contributed by atoms with Gasteiger partial charge in [0.1, 0.15) is 11.5 Å². The van der Waals surface area contributed by atoms with E-state index >= 15 is 0 Å². The lowest BCUT2D eigenvalue weighted by Gasteiger charge is -1.96. The minimum atomic E-state index is -0.368. The molecule has 6 heteroatoms. The molecule has 88 valence electrons. The summed E-state index contributed by atoms with van der Waals surface area (Å²) in [6.07, 6.45) is 1.61. The van der Waals surface area contributed by atoms with Gasteiger partial charge in [0, 0.05) is 13.0 Å². The number of hydrogen-bond acceptors (Lipinski definition) is 4. The van der Waals surface area contributed by atoms with Crippen LogP contribution in [0.1, 0.15) is 18.4 Å². The van der Waals surface area contributed by atoms with Crippen LogP contribution in [0, 0.1) is 6.92 Å². The van der Waals surface area contributed by atoms with E-state index in [1.54, 1.807) is 12.1 Å². The summed E-state index contributed by atoms with van der Waals surface area (Å²) in [6.45, 7) is 3.19. The Morgan fingerprint density at radius 3 is 2.88 bits per heavy atom. The van der Waals surface area contributed by atoms with Crippen molar-refractivity contribution < 1.29 is 14.0 Å². The van der Waals surface area contributed by atoms with Gasteiger partial charge in [0.2, 0.25) is 5.91 Å². The average molecular weight is 250 g/mol. The second-order valence-electron chi connectivity index (χ2n) is 3.46. The van der Waals surface area contributed by atoms with Crippen molar-refractivity contribution in [2.45, 2.75) is 13.8 Å². The molecule has 2 heterocycles. The Labute approximate surface area is 102 Å². The Morgan fingerprint density at radius 1 is 1.53 bits per heavy atom. The number of rotatable bonds is 1. The van der Waals surface area contributed by atoms with Gasteiger partial charge < -0.3 is 9.73 Å². The fourth-order valence-electron chi connectivity index (χ4n) is 1.27. The first-order valence-electron chi connectivity index (χ1n) is 4.91. The van der Waals surface area contributed by atoms with Crippen molar-refractivity contribution in [3.05, 3.63) is 28.6 Å². The third-order valence-corrected chi connectivity index (χ3v) is 2.84. The minimum absolute atomic E-state index is 0.251. The van der Waals surface area contributed by atoms with Crippen LogP contribution in [0.2, 0.25) is 0 Å². The van der Waals surface area contributed by atoms with Crippen molar-refractivity contribution in [2.24, 2.45) is 4.99 Å². The summed E-state index contributed by atoms with van der Waals surface area (Å²) in [6, 6.07) is 3.58. The average Bonchev–Trinajstić information content (AvgIpc) is 2.74. The molecule has 2 rings (SSSR count). The molecule has 0 saturated heterocycles. The highest BCUT2D eigenvalue weighted by molar-refractivity contribution is 8.18. The normalized spacial score (nSPS) is 17.4. The molecule has 1 aliphatic rings. The van der Waals surface area contributed by atoms with Crippen LogP contribution >= 0.6 is 11.8 Å². The molecule has 2 amide bonds. The molecule has 17 heavy (non-hydrogen) atoms. The van der Waals surface area contributed by atoms with Crippen LogP contribution in [0.3, 0.4) is 0 Å². The lowest BCUT2D eigenvalue weighted by molar-refractivity contribution is -0.117. The highest BCUT2D eigenvalue weighted by Crippen LogP contribution is 2.27. The molecule has 0 spiro atoms. The number of nitrogens with one attached hydrogen (secondary N) is 1. The van der Waals surface area contributed by atoms with E-state index in [-0.39, 0.29) is 11.8 Å². The van der Waals surface area contributed by atoms with Gasteiger partial charge in [-0.3, -0.25) is 9.59 Å². The first-order chi connectivity index (χ1) is 8.04. The largest absolute Gasteiger partial charge is 0.462 e. The molecule has 0 atom stereocenters. The molecule has 0 aromatic carbocycles. The summed E-state index contributed by atoms with van der Waals surface area (Å²) in [7, 11) is 0. The summed E-state index contributed by atoms with van der Waals surface area (Å²) >= 11 is 1.12. The third-order valence-electron chi connectivity index (χ3n) is 1.94. The fraction of sp³-hybridized carbons (Fsp3) is 0.182. The van der Waals surface area contributed by atoms with E-state index in [2.05, 4.69) is 10.3 Å². The third kappa shape index (κ3) is 2.85. The second-order valence-corrected chi connectivity index (χ2v) is 4.49. The van der Waals surface area contributed by atoms with Gasteiger partial charge in [-0.05, 0) is 30.8 Å². The number of thioether (sulfide) groups is 1. The van der Waals surface area contributed by atoms with Gasteiger partial charge >= 0.3 is 0 Å². The molecule has 0 saturated carbocycles. The summed E-state index contributed by atoms with van der Waals surface area (Å²) in [5.41, 5.74) is 0. The molecule has 1 N–H and O–H groups in total. The maximum Gasteiger partial charge on any atom is 0.286 e. The standard InChI is InChI=1S/C11H10N2O3S/c1-6-3-4-8(16-6)5-9-10(15)13-11(17-9)12-7(2)14/h3-5H,1-2H3,(H,12,13,14,15)/b9-5-. The van der Waals surface area contributed by atoms with Crippen molar-refractivity contribution in [2.75, 3.05) is 0 Å². The van der Waals surface area contributed by atoms with Gasteiger partial charge in [-0.25, -0.2) is 0 Å². The first kappa shape index (κ1) is 11.7. The number of amides is 2. The van der Waals surface area contributed by atoms with Crippen LogP contribution in [0.25, 0.3) is 6.08 Å². The number of amidine groups is 1. The van der Waals surface area contributed by atoms with E-state index in [1.165, 1.54) is 6.92 Å². The molecule has 0 aliphatic carbocycles. The number of carbonyl (C=O) groups is 2. The molecule has 1 aromatic heterocycles. The highest BCUT2D eigenvalue weighted by atomic mass is 32.2. The van der Waals surface area contributed by atoms with Gasteiger partial charge in [0.15, 0.2) is 5.17 Å². The molecular weight excluding hydrogens is 240 g/mol. The predicted molar refractivity (Wildman–Crippen MR) is 65.3 cm³/mol. The Bertz CT molecular complexity index is 543.